The van der Waals surface area contributed by atoms with Crippen LogP contribution in [0.25, 0.3) is 0 Å². The number of rotatable bonds is 5. The molecule has 1 saturated heterocycles. The molecule has 1 amide bonds. The Balaban J connectivity index is 2.61. The minimum absolute atomic E-state index is 0.134. The van der Waals surface area contributed by atoms with E-state index in [1.54, 1.807) is 4.90 Å². The average molecular weight is 287 g/mol. The van der Waals surface area contributed by atoms with Crippen molar-refractivity contribution in [1.29, 1.82) is 0 Å². The van der Waals surface area contributed by atoms with E-state index in [0.717, 1.165) is 25.8 Å². The van der Waals surface area contributed by atoms with Gasteiger partial charge in [0.15, 0.2) is 0 Å². The summed E-state index contributed by atoms with van der Waals surface area (Å²) >= 11 is 0. The third kappa shape index (κ3) is 5.29. The van der Waals surface area contributed by atoms with Gasteiger partial charge in [-0.15, -0.1) is 0 Å². The standard InChI is InChI=1S/C15H29NO4/c1-5-15(19-11-7-10-17)8-6-9-16(12-15)13(18)20-14(2,3)4/h17H,5-12H2,1-4H3. The number of nitrogens with zero attached hydrogens (tertiary/aromatic N) is 1. The largest absolute Gasteiger partial charge is 0.444 e. The maximum atomic E-state index is 12.2. The fraction of sp³-hybridized carbons (Fsp3) is 0.933. The molecule has 0 spiro atoms. The molecule has 1 fully saturated rings. The van der Waals surface area contributed by atoms with Crippen LogP contribution in [0.4, 0.5) is 4.79 Å². The smallest absolute Gasteiger partial charge is 0.410 e. The van der Waals surface area contributed by atoms with Crippen molar-refractivity contribution in [3.8, 4) is 0 Å². The summed E-state index contributed by atoms with van der Waals surface area (Å²) in [6.45, 7) is 9.67. The molecule has 1 rings (SSSR count). The van der Waals surface area contributed by atoms with Gasteiger partial charge in [0.25, 0.3) is 0 Å². The molecule has 5 nitrogen and oxygen atoms in total. The number of amides is 1. The monoisotopic (exact) mass is 287 g/mol. The van der Waals surface area contributed by atoms with E-state index in [1.165, 1.54) is 0 Å². The first-order chi connectivity index (χ1) is 9.32. The molecule has 1 N–H and O–H groups in total. The molecule has 0 aromatic rings. The van der Waals surface area contributed by atoms with E-state index in [1.807, 2.05) is 20.8 Å². The molecule has 0 radical (unpaired) electrons. The Labute approximate surface area is 122 Å². The Kier molecular flexibility index (Phi) is 6.27. The number of hydrogen-bond donors (Lipinski definition) is 1. The normalized spacial score (nSPS) is 23.8. The van der Waals surface area contributed by atoms with Gasteiger partial charge in [-0.3, -0.25) is 0 Å². The third-order valence-corrected chi connectivity index (χ3v) is 3.55. The molecule has 0 bridgehead atoms. The molecule has 0 aromatic heterocycles. The van der Waals surface area contributed by atoms with Gasteiger partial charge in [-0.2, -0.15) is 0 Å². The molecule has 1 atom stereocenters. The summed E-state index contributed by atoms with van der Waals surface area (Å²) in [4.78, 5) is 13.9. The molecule has 20 heavy (non-hydrogen) atoms. The number of aliphatic hydroxyl groups is 1. The van der Waals surface area contributed by atoms with Crippen LogP contribution in [0.15, 0.2) is 0 Å². The molecular weight excluding hydrogens is 258 g/mol. The van der Waals surface area contributed by atoms with Crippen molar-refractivity contribution in [2.45, 2.75) is 64.6 Å². The second-order valence-corrected chi connectivity index (χ2v) is 6.47. The van der Waals surface area contributed by atoms with Gasteiger partial charge in [-0.25, -0.2) is 4.79 Å². The highest BCUT2D eigenvalue weighted by Crippen LogP contribution is 2.29. The number of carbonyl (C=O) groups is 1. The van der Waals surface area contributed by atoms with Gasteiger partial charge >= 0.3 is 6.09 Å². The van der Waals surface area contributed by atoms with Crippen molar-refractivity contribution in [2.75, 3.05) is 26.3 Å². The maximum Gasteiger partial charge on any atom is 0.410 e. The van der Waals surface area contributed by atoms with Crippen LogP contribution in [0.2, 0.25) is 0 Å². The zero-order valence-electron chi connectivity index (χ0n) is 13.3. The van der Waals surface area contributed by atoms with Gasteiger partial charge in [-0.1, -0.05) is 6.92 Å². The number of ether oxygens (including phenoxy) is 2. The Bertz CT molecular complexity index is 313. The summed E-state index contributed by atoms with van der Waals surface area (Å²) in [6.07, 6.45) is 3.10. The Morgan fingerprint density at radius 1 is 1.40 bits per heavy atom. The summed E-state index contributed by atoms with van der Waals surface area (Å²) in [7, 11) is 0. The van der Waals surface area contributed by atoms with Crippen LogP contribution in [0.5, 0.6) is 0 Å². The van der Waals surface area contributed by atoms with Gasteiger partial charge < -0.3 is 19.5 Å². The minimum Gasteiger partial charge on any atom is -0.444 e. The summed E-state index contributed by atoms with van der Waals surface area (Å²) in [5, 5.41) is 8.86. The van der Waals surface area contributed by atoms with E-state index in [9.17, 15) is 4.79 Å². The van der Waals surface area contributed by atoms with Crippen molar-refractivity contribution in [3.63, 3.8) is 0 Å². The highest BCUT2D eigenvalue weighted by Gasteiger charge is 2.37. The van der Waals surface area contributed by atoms with Gasteiger partial charge in [-0.05, 0) is 46.5 Å². The highest BCUT2D eigenvalue weighted by atomic mass is 16.6. The molecule has 0 aromatic carbocycles. The van der Waals surface area contributed by atoms with E-state index in [-0.39, 0.29) is 18.3 Å². The highest BCUT2D eigenvalue weighted by molar-refractivity contribution is 5.68. The van der Waals surface area contributed by atoms with Crippen LogP contribution in [0, 0.1) is 0 Å². The van der Waals surface area contributed by atoms with Gasteiger partial charge in [0.2, 0.25) is 0 Å². The molecule has 0 aliphatic carbocycles. The molecule has 118 valence electrons. The van der Waals surface area contributed by atoms with Gasteiger partial charge in [0.05, 0.1) is 12.1 Å². The van der Waals surface area contributed by atoms with Crippen LogP contribution < -0.4 is 0 Å². The summed E-state index contributed by atoms with van der Waals surface area (Å²) in [6, 6.07) is 0. The van der Waals surface area contributed by atoms with E-state index in [4.69, 9.17) is 14.6 Å². The lowest BCUT2D eigenvalue weighted by atomic mass is 9.90. The van der Waals surface area contributed by atoms with Gasteiger partial charge in [0, 0.05) is 19.8 Å². The van der Waals surface area contributed by atoms with Crippen molar-refractivity contribution in [3.05, 3.63) is 0 Å². The van der Waals surface area contributed by atoms with E-state index < -0.39 is 5.60 Å². The third-order valence-electron chi connectivity index (χ3n) is 3.55. The van der Waals surface area contributed by atoms with Crippen LogP contribution in [-0.4, -0.2) is 53.6 Å². The minimum atomic E-state index is -0.471. The fourth-order valence-corrected chi connectivity index (χ4v) is 2.44. The lowest BCUT2D eigenvalue weighted by molar-refractivity contribution is -0.0955. The van der Waals surface area contributed by atoms with Crippen molar-refractivity contribution >= 4 is 6.09 Å². The molecule has 5 heteroatoms. The van der Waals surface area contributed by atoms with Crippen LogP contribution in [0.3, 0.4) is 0 Å². The number of likely N-dealkylation sites (tertiary alicyclic amines) is 1. The number of carbonyl (C=O) groups excluding carboxylic acids is 1. The molecule has 1 unspecified atom stereocenters. The first-order valence-corrected chi connectivity index (χ1v) is 7.55. The average Bonchev–Trinajstić information content (AvgIpc) is 2.37. The molecule has 1 aliphatic heterocycles. The zero-order valence-corrected chi connectivity index (χ0v) is 13.3. The first kappa shape index (κ1) is 17.2. The second kappa shape index (κ2) is 7.27. The molecule has 0 saturated carbocycles. The SMILES string of the molecule is CCC1(OCCCO)CCCN(C(=O)OC(C)(C)C)C1. The lowest BCUT2D eigenvalue weighted by Crippen LogP contribution is -2.52. The maximum absolute atomic E-state index is 12.2. The predicted octanol–water partition coefficient (Wildman–Crippen LogP) is 2.57. The molecule has 1 heterocycles. The van der Waals surface area contributed by atoms with E-state index in [0.29, 0.717) is 19.6 Å². The zero-order chi connectivity index (χ0) is 15.2. The molecule has 1 aliphatic rings. The Hall–Kier alpha value is -0.810. The first-order valence-electron chi connectivity index (χ1n) is 7.55. The lowest BCUT2D eigenvalue weighted by Gasteiger charge is -2.42. The topological polar surface area (TPSA) is 59.0 Å². The number of piperidine rings is 1. The Morgan fingerprint density at radius 3 is 2.65 bits per heavy atom. The molecular formula is C15H29NO4. The van der Waals surface area contributed by atoms with Crippen molar-refractivity contribution < 1.29 is 19.4 Å². The Morgan fingerprint density at radius 2 is 2.10 bits per heavy atom. The van der Waals surface area contributed by atoms with Crippen LogP contribution in [0.1, 0.15) is 53.4 Å². The summed E-state index contributed by atoms with van der Waals surface area (Å²) in [5.74, 6) is 0. The van der Waals surface area contributed by atoms with Crippen LogP contribution in [-0.2, 0) is 9.47 Å². The summed E-state index contributed by atoms with van der Waals surface area (Å²) < 4.78 is 11.4. The van der Waals surface area contributed by atoms with E-state index in [2.05, 4.69) is 6.92 Å². The number of hydrogen-bond acceptors (Lipinski definition) is 4. The fourth-order valence-electron chi connectivity index (χ4n) is 2.44. The quantitative estimate of drug-likeness (QED) is 0.790. The van der Waals surface area contributed by atoms with E-state index >= 15 is 0 Å². The number of aliphatic hydroxyl groups excluding tert-OH is 1. The van der Waals surface area contributed by atoms with Gasteiger partial charge in [0.1, 0.15) is 5.60 Å². The second-order valence-electron chi connectivity index (χ2n) is 6.47. The van der Waals surface area contributed by atoms with Crippen LogP contribution >= 0.6 is 0 Å². The predicted molar refractivity (Wildman–Crippen MR) is 77.7 cm³/mol. The van der Waals surface area contributed by atoms with Crippen molar-refractivity contribution in [2.24, 2.45) is 0 Å². The summed E-state index contributed by atoms with van der Waals surface area (Å²) in [5.41, 5.74) is -0.758. The van der Waals surface area contributed by atoms with Crippen molar-refractivity contribution in [1.82, 2.24) is 4.90 Å².